The van der Waals surface area contributed by atoms with E-state index in [1.54, 1.807) is 35.3 Å². The first kappa shape index (κ1) is 8.74. The van der Waals surface area contributed by atoms with Crippen LogP contribution in [-0.4, -0.2) is 20.4 Å². The summed E-state index contributed by atoms with van der Waals surface area (Å²) in [6.45, 7) is 1.97. The zero-order chi connectivity index (χ0) is 9.97. The molecule has 0 saturated heterocycles. The minimum atomic E-state index is -0.0654. The van der Waals surface area contributed by atoms with Crippen molar-refractivity contribution in [2.45, 2.75) is 13.3 Å². The van der Waals surface area contributed by atoms with Crippen molar-refractivity contribution in [1.82, 2.24) is 14.5 Å². The number of nitrogens with one attached hydrogen (secondary N) is 1. The Morgan fingerprint density at radius 3 is 3.14 bits per heavy atom. The Morgan fingerprint density at radius 2 is 2.50 bits per heavy atom. The van der Waals surface area contributed by atoms with Gasteiger partial charge in [0.25, 0.3) is 5.91 Å². The van der Waals surface area contributed by atoms with Gasteiger partial charge in [0.2, 0.25) is 0 Å². The molecule has 2 aromatic rings. The molecule has 0 bridgehead atoms. The molecular formula is C10H11N3O. The maximum Gasteiger partial charge on any atom is 0.279 e. The van der Waals surface area contributed by atoms with Crippen LogP contribution in [0.4, 0.5) is 0 Å². The summed E-state index contributed by atoms with van der Waals surface area (Å²) in [4.78, 5) is 18.8. The summed E-state index contributed by atoms with van der Waals surface area (Å²) in [5, 5.41) is 0. The lowest BCUT2D eigenvalue weighted by Crippen LogP contribution is -2.14. The average Bonchev–Trinajstić information content (AvgIpc) is 2.87. The molecule has 2 heterocycles. The summed E-state index contributed by atoms with van der Waals surface area (Å²) in [5.41, 5.74) is 0.581. The number of nitrogens with zero attached hydrogens (tertiary/aromatic N) is 2. The van der Waals surface area contributed by atoms with Gasteiger partial charge in [-0.1, -0.05) is 6.92 Å². The fourth-order valence-electron chi connectivity index (χ4n) is 1.37. The predicted octanol–water partition coefficient (Wildman–Crippen LogP) is 1.46. The fourth-order valence-corrected chi connectivity index (χ4v) is 1.37. The molecule has 4 heteroatoms. The third kappa shape index (κ3) is 1.35. The van der Waals surface area contributed by atoms with Gasteiger partial charge >= 0.3 is 0 Å². The van der Waals surface area contributed by atoms with Crippen molar-refractivity contribution in [2.24, 2.45) is 0 Å². The molecule has 0 aliphatic carbocycles. The molecule has 0 amide bonds. The molecule has 0 fully saturated rings. The van der Waals surface area contributed by atoms with Gasteiger partial charge in [-0.3, -0.25) is 9.36 Å². The van der Waals surface area contributed by atoms with E-state index in [1.807, 2.05) is 6.92 Å². The highest BCUT2D eigenvalue weighted by molar-refractivity contribution is 5.94. The van der Waals surface area contributed by atoms with Crippen LogP contribution < -0.4 is 0 Å². The van der Waals surface area contributed by atoms with E-state index in [4.69, 9.17) is 0 Å². The van der Waals surface area contributed by atoms with Crippen LogP contribution in [0.2, 0.25) is 0 Å². The Labute approximate surface area is 81.6 Å². The summed E-state index contributed by atoms with van der Waals surface area (Å²) in [6.07, 6.45) is 5.80. The lowest BCUT2D eigenvalue weighted by atomic mass is 10.4. The van der Waals surface area contributed by atoms with Crippen molar-refractivity contribution in [3.63, 3.8) is 0 Å². The maximum atomic E-state index is 11.8. The van der Waals surface area contributed by atoms with Gasteiger partial charge in [-0.15, -0.1) is 0 Å². The van der Waals surface area contributed by atoms with Gasteiger partial charge < -0.3 is 4.98 Å². The number of aromatic amines is 1. The molecule has 2 aromatic heterocycles. The zero-order valence-electron chi connectivity index (χ0n) is 7.90. The molecule has 0 spiro atoms. The standard InChI is InChI=1S/C10H11N3O/c1-2-9-12-6-7-13(9)10(14)8-4-3-5-11-8/h3-7,11H,2H2,1H3. The quantitative estimate of drug-likeness (QED) is 0.777. The van der Waals surface area contributed by atoms with Crippen molar-refractivity contribution in [2.75, 3.05) is 0 Å². The number of rotatable bonds is 2. The van der Waals surface area contributed by atoms with Gasteiger partial charge in [0.1, 0.15) is 11.5 Å². The topological polar surface area (TPSA) is 50.7 Å². The second kappa shape index (κ2) is 3.49. The molecular weight excluding hydrogens is 178 g/mol. The monoisotopic (exact) mass is 189 g/mol. The fraction of sp³-hybridized carbons (Fsp3) is 0.200. The van der Waals surface area contributed by atoms with Gasteiger partial charge in [-0.2, -0.15) is 0 Å². The number of carbonyl (C=O) groups excluding carboxylic acids is 1. The molecule has 14 heavy (non-hydrogen) atoms. The number of imidazole rings is 1. The van der Waals surface area contributed by atoms with E-state index in [0.717, 1.165) is 12.2 Å². The van der Waals surface area contributed by atoms with E-state index >= 15 is 0 Å². The van der Waals surface area contributed by atoms with Gasteiger partial charge in [-0.05, 0) is 12.1 Å². The molecule has 0 radical (unpaired) electrons. The first-order valence-corrected chi connectivity index (χ1v) is 4.53. The molecule has 0 saturated carbocycles. The van der Waals surface area contributed by atoms with E-state index in [1.165, 1.54) is 0 Å². The van der Waals surface area contributed by atoms with Crippen LogP contribution in [0.15, 0.2) is 30.7 Å². The van der Waals surface area contributed by atoms with Crippen molar-refractivity contribution >= 4 is 5.91 Å². The third-order valence-electron chi connectivity index (χ3n) is 2.08. The number of carbonyl (C=O) groups is 1. The molecule has 4 nitrogen and oxygen atoms in total. The molecule has 1 N–H and O–H groups in total. The molecule has 0 aliphatic heterocycles. The zero-order valence-corrected chi connectivity index (χ0v) is 7.90. The summed E-state index contributed by atoms with van der Waals surface area (Å²) >= 11 is 0. The second-order valence-electron chi connectivity index (χ2n) is 2.96. The molecule has 0 aliphatic rings. The van der Waals surface area contributed by atoms with E-state index in [2.05, 4.69) is 9.97 Å². The van der Waals surface area contributed by atoms with E-state index in [9.17, 15) is 4.79 Å². The minimum Gasteiger partial charge on any atom is -0.357 e. The van der Waals surface area contributed by atoms with Crippen LogP contribution >= 0.6 is 0 Å². The van der Waals surface area contributed by atoms with Gasteiger partial charge in [0.05, 0.1) is 0 Å². The molecule has 0 aromatic carbocycles. The number of aryl methyl sites for hydroxylation is 1. The van der Waals surface area contributed by atoms with Crippen LogP contribution in [0.5, 0.6) is 0 Å². The smallest absolute Gasteiger partial charge is 0.279 e. The van der Waals surface area contributed by atoms with Crippen molar-refractivity contribution in [3.8, 4) is 0 Å². The highest BCUT2D eigenvalue weighted by atomic mass is 16.2. The first-order valence-electron chi connectivity index (χ1n) is 4.53. The number of hydrogen-bond acceptors (Lipinski definition) is 2. The first-order chi connectivity index (χ1) is 6.83. The Kier molecular flexibility index (Phi) is 2.18. The largest absolute Gasteiger partial charge is 0.357 e. The van der Waals surface area contributed by atoms with Crippen molar-refractivity contribution < 1.29 is 4.79 Å². The van der Waals surface area contributed by atoms with E-state index < -0.39 is 0 Å². The molecule has 2 rings (SSSR count). The maximum absolute atomic E-state index is 11.8. The SMILES string of the molecule is CCc1nccn1C(=O)c1ccc[nH]1. The number of hydrogen-bond donors (Lipinski definition) is 1. The minimum absolute atomic E-state index is 0.0654. The average molecular weight is 189 g/mol. The number of aromatic nitrogens is 3. The highest BCUT2D eigenvalue weighted by Crippen LogP contribution is 2.04. The van der Waals surface area contributed by atoms with E-state index in [0.29, 0.717) is 5.69 Å². The summed E-state index contributed by atoms with van der Waals surface area (Å²) in [7, 11) is 0. The van der Waals surface area contributed by atoms with Crippen LogP contribution in [-0.2, 0) is 6.42 Å². The Morgan fingerprint density at radius 1 is 1.64 bits per heavy atom. The molecule has 0 unspecified atom stereocenters. The highest BCUT2D eigenvalue weighted by Gasteiger charge is 2.11. The van der Waals surface area contributed by atoms with Gasteiger partial charge in [0, 0.05) is 25.0 Å². The van der Waals surface area contributed by atoms with Crippen LogP contribution in [0, 0.1) is 0 Å². The normalized spacial score (nSPS) is 10.4. The lowest BCUT2D eigenvalue weighted by molar-refractivity contribution is 0.0952. The van der Waals surface area contributed by atoms with Crippen LogP contribution in [0.1, 0.15) is 23.2 Å². The van der Waals surface area contributed by atoms with Crippen molar-refractivity contribution in [3.05, 3.63) is 42.2 Å². The molecule has 72 valence electrons. The van der Waals surface area contributed by atoms with E-state index in [-0.39, 0.29) is 5.91 Å². The number of H-pyrrole nitrogens is 1. The second-order valence-corrected chi connectivity index (χ2v) is 2.96. The van der Waals surface area contributed by atoms with Gasteiger partial charge in [-0.25, -0.2) is 4.98 Å². The van der Waals surface area contributed by atoms with Gasteiger partial charge in [0.15, 0.2) is 0 Å². The Balaban J connectivity index is 2.36. The Hall–Kier alpha value is -1.84. The van der Waals surface area contributed by atoms with Crippen LogP contribution in [0.3, 0.4) is 0 Å². The Bertz CT molecular complexity index is 428. The van der Waals surface area contributed by atoms with Crippen LogP contribution in [0.25, 0.3) is 0 Å². The summed E-state index contributed by atoms with van der Waals surface area (Å²) in [5.74, 6) is 0.717. The lowest BCUT2D eigenvalue weighted by Gasteiger charge is -2.02. The third-order valence-corrected chi connectivity index (χ3v) is 2.08. The summed E-state index contributed by atoms with van der Waals surface area (Å²) in [6, 6.07) is 3.55. The van der Waals surface area contributed by atoms with Crippen molar-refractivity contribution in [1.29, 1.82) is 0 Å². The molecule has 0 atom stereocenters. The predicted molar refractivity (Wildman–Crippen MR) is 52.1 cm³/mol. The summed E-state index contributed by atoms with van der Waals surface area (Å²) < 4.78 is 1.56.